The molecule has 3 aromatic rings. The first-order valence-corrected chi connectivity index (χ1v) is 7.48. The summed E-state index contributed by atoms with van der Waals surface area (Å²) in [5.41, 5.74) is 4.72. The standard InChI is InChI=1S/C18H20N2O2/c1-12(2)19-18(21)16-10-17-15(8-9-22-17)20(16)11-14-7-5-4-6-13(14)3/h4-10,12H,11H2,1-3H3,(H,19,21). The SMILES string of the molecule is Cc1ccccc1Cn1c(C(=O)NC(C)C)cc2occc21. The highest BCUT2D eigenvalue weighted by molar-refractivity contribution is 5.97. The number of amides is 1. The highest BCUT2D eigenvalue weighted by Crippen LogP contribution is 2.23. The van der Waals surface area contributed by atoms with Gasteiger partial charge in [0.2, 0.25) is 0 Å². The molecule has 1 amide bonds. The van der Waals surface area contributed by atoms with Crippen LogP contribution in [0.2, 0.25) is 0 Å². The normalized spacial score (nSPS) is 11.3. The van der Waals surface area contributed by atoms with Crippen LogP contribution in [0.5, 0.6) is 0 Å². The maximum Gasteiger partial charge on any atom is 0.268 e. The number of carbonyl (C=O) groups excluding carboxylic acids is 1. The zero-order valence-corrected chi connectivity index (χ0v) is 13.1. The average molecular weight is 296 g/mol. The molecule has 2 heterocycles. The molecule has 0 bridgehead atoms. The summed E-state index contributed by atoms with van der Waals surface area (Å²) in [7, 11) is 0. The summed E-state index contributed by atoms with van der Waals surface area (Å²) in [6.07, 6.45) is 1.66. The van der Waals surface area contributed by atoms with Gasteiger partial charge in [-0.05, 0) is 31.9 Å². The molecule has 22 heavy (non-hydrogen) atoms. The fourth-order valence-electron chi connectivity index (χ4n) is 2.63. The van der Waals surface area contributed by atoms with Crippen LogP contribution in [-0.2, 0) is 6.54 Å². The summed E-state index contributed by atoms with van der Waals surface area (Å²) in [6, 6.07) is 12.0. The van der Waals surface area contributed by atoms with E-state index in [1.807, 2.05) is 42.7 Å². The number of rotatable bonds is 4. The Morgan fingerprint density at radius 3 is 2.77 bits per heavy atom. The summed E-state index contributed by atoms with van der Waals surface area (Å²) in [6.45, 7) is 6.64. The molecular formula is C18H20N2O2. The molecule has 0 saturated heterocycles. The lowest BCUT2D eigenvalue weighted by molar-refractivity contribution is 0.0934. The second-order valence-corrected chi connectivity index (χ2v) is 5.84. The first kappa shape index (κ1) is 14.4. The summed E-state index contributed by atoms with van der Waals surface area (Å²) >= 11 is 0. The van der Waals surface area contributed by atoms with Crippen LogP contribution >= 0.6 is 0 Å². The third-order valence-corrected chi connectivity index (χ3v) is 3.76. The Balaban J connectivity index is 2.04. The van der Waals surface area contributed by atoms with E-state index in [0.29, 0.717) is 12.2 Å². The molecule has 0 unspecified atom stereocenters. The monoisotopic (exact) mass is 296 g/mol. The molecule has 0 aliphatic carbocycles. The number of hydrogen-bond donors (Lipinski definition) is 1. The van der Waals surface area contributed by atoms with Crippen LogP contribution in [0.15, 0.2) is 47.1 Å². The van der Waals surface area contributed by atoms with Crippen LogP contribution in [0.1, 0.15) is 35.5 Å². The molecule has 1 N–H and O–H groups in total. The smallest absolute Gasteiger partial charge is 0.268 e. The fourth-order valence-corrected chi connectivity index (χ4v) is 2.63. The number of nitrogens with zero attached hydrogens (tertiary/aromatic N) is 1. The third-order valence-electron chi connectivity index (χ3n) is 3.76. The number of nitrogens with one attached hydrogen (secondary N) is 1. The van der Waals surface area contributed by atoms with Crippen LogP contribution in [-0.4, -0.2) is 16.5 Å². The number of aryl methyl sites for hydroxylation is 1. The van der Waals surface area contributed by atoms with E-state index < -0.39 is 0 Å². The Kier molecular flexibility index (Phi) is 3.75. The van der Waals surface area contributed by atoms with E-state index >= 15 is 0 Å². The van der Waals surface area contributed by atoms with Crippen molar-refractivity contribution in [1.82, 2.24) is 9.88 Å². The van der Waals surface area contributed by atoms with E-state index in [2.05, 4.69) is 24.4 Å². The summed E-state index contributed by atoms with van der Waals surface area (Å²) < 4.78 is 7.47. The number of furan rings is 1. The highest BCUT2D eigenvalue weighted by atomic mass is 16.3. The Morgan fingerprint density at radius 2 is 2.05 bits per heavy atom. The molecule has 0 saturated carbocycles. The van der Waals surface area contributed by atoms with Crippen LogP contribution < -0.4 is 5.32 Å². The van der Waals surface area contributed by atoms with E-state index in [4.69, 9.17) is 4.42 Å². The summed E-state index contributed by atoms with van der Waals surface area (Å²) in [4.78, 5) is 12.4. The Bertz CT molecular complexity index is 811. The lowest BCUT2D eigenvalue weighted by atomic mass is 10.1. The zero-order valence-electron chi connectivity index (χ0n) is 13.1. The van der Waals surface area contributed by atoms with Crippen molar-refractivity contribution in [2.45, 2.75) is 33.4 Å². The van der Waals surface area contributed by atoms with Crippen molar-refractivity contribution < 1.29 is 9.21 Å². The van der Waals surface area contributed by atoms with E-state index in [0.717, 1.165) is 11.1 Å². The quantitative estimate of drug-likeness (QED) is 0.797. The molecule has 0 aliphatic rings. The van der Waals surface area contributed by atoms with Gasteiger partial charge in [-0.15, -0.1) is 0 Å². The van der Waals surface area contributed by atoms with Gasteiger partial charge in [-0.25, -0.2) is 0 Å². The molecule has 2 aromatic heterocycles. The molecule has 4 nitrogen and oxygen atoms in total. The maximum atomic E-state index is 12.4. The van der Waals surface area contributed by atoms with Gasteiger partial charge >= 0.3 is 0 Å². The Hall–Kier alpha value is -2.49. The van der Waals surface area contributed by atoms with Crippen molar-refractivity contribution >= 4 is 17.0 Å². The zero-order chi connectivity index (χ0) is 15.7. The molecule has 1 aromatic carbocycles. The van der Waals surface area contributed by atoms with Gasteiger partial charge in [-0.1, -0.05) is 24.3 Å². The first-order valence-electron chi connectivity index (χ1n) is 7.48. The van der Waals surface area contributed by atoms with Crippen molar-refractivity contribution in [3.05, 3.63) is 59.5 Å². The lowest BCUT2D eigenvalue weighted by Gasteiger charge is -2.13. The maximum absolute atomic E-state index is 12.4. The van der Waals surface area contributed by atoms with Gasteiger partial charge in [0.05, 0.1) is 11.8 Å². The molecule has 3 rings (SSSR count). The van der Waals surface area contributed by atoms with E-state index in [1.54, 1.807) is 6.26 Å². The van der Waals surface area contributed by atoms with Gasteiger partial charge in [-0.3, -0.25) is 4.79 Å². The third kappa shape index (κ3) is 2.64. The second-order valence-electron chi connectivity index (χ2n) is 5.84. The Labute approximate surface area is 129 Å². The van der Waals surface area contributed by atoms with Crippen molar-refractivity contribution in [2.75, 3.05) is 0 Å². The minimum Gasteiger partial charge on any atom is -0.463 e. The topological polar surface area (TPSA) is 47.2 Å². The predicted molar refractivity (Wildman–Crippen MR) is 87.1 cm³/mol. The molecule has 114 valence electrons. The molecule has 0 radical (unpaired) electrons. The average Bonchev–Trinajstić information content (AvgIpc) is 3.03. The van der Waals surface area contributed by atoms with Crippen molar-refractivity contribution in [1.29, 1.82) is 0 Å². The van der Waals surface area contributed by atoms with Gasteiger partial charge in [0.1, 0.15) is 5.69 Å². The van der Waals surface area contributed by atoms with E-state index in [-0.39, 0.29) is 11.9 Å². The van der Waals surface area contributed by atoms with E-state index in [9.17, 15) is 4.79 Å². The lowest BCUT2D eigenvalue weighted by Crippen LogP contribution is -2.31. The number of fused-ring (bicyclic) bond motifs is 1. The van der Waals surface area contributed by atoms with Gasteiger partial charge < -0.3 is 14.3 Å². The van der Waals surface area contributed by atoms with Gasteiger partial charge in [-0.2, -0.15) is 0 Å². The molecule has 0 spiro atoms. The molecule has 0 aliphatic heterocycles. The van der Waals surface area contributed by atoms with Crippen LogP contribution in [0, 0.1) is 6.92 Å². The van der Waals surface area contributed by atoms with Gasteiger partial charge in [0.15, 0.2) is 5.58 Å². The van der Waals surface area contributed by atoms with Crippen molar-refractivity contribution in [2.24, 2.45) is 0 Å². The Morgan fingerprint density at radius 1 is 1.27 bits per heavy atom. The predicted octanol–water partition coefficient (Wildman–Crippen LogP) is 3.73. The highest BCUT2D eigenvalue weighted by Gasteiger charge is 2.18. The number of carbonyl (C=O) groups is 1. The second kappa shape index (κ2) is 5.72. The molecule has 4 heteroatoms. The first-order chi connectivity index (χ1) is 10.6. The molecular weight excluding hydrogens is 276 g/mol. The fraction of sp³-hybridized carbons (Fsp3) is 0.278. The van der Waals surface area contributed by atoms with Crippen molar-refractivity contribution in [3.8, 4) is 0 Å². The summed E-state index contributed by atoms with van der Waals surface area (Å²) in [5, 5.41) is 2.95. The summed E-state index contributed by atoms with van der Waals surface area (Å²) in [5.74, 6) is -0.0741. The number of benzene rings is 1. The van der Waals surface area contributed by atoms with Crippen molar-refractivity contribution in [3.63, 3.8) is 0 Å². The van der Waals surface area contributed by atoms with E-state index in [1.165, 1.54) is 11.1 Å². The molecule has 0 atom stereocenters. The minimum atomic E-state index is -0.0741. The van der Waals surface area contributed by atoms with Crippen LogP contribution in [0.4, 0.5) is 0 Å². The van der Waals surface area contributed by atoms with Gasteiger partial charge in [0, 0.05) is 24.7 Å². The number of hydrogen-bond acceptors (Lipinski definition) is 2. The van der Waals surface area contributed by atoms with Crippen LogP contribution in [0.3, 0.4) is 0 Å². The largest absolute Gasteiger partial charge is 0.463 e. The molecule has 0 fully saturated rings. The minimum absolute atomic E-state index is 0.0741. The number of aromatic nitrogens is 1. The van der Waals surface area contributed by atoms with Gasteiger partial charge in [0.25, 0.3) is 5.91 Å². The van der Waals surface area contributed by atoms with Crippen LogP contribution in [0.25, 0.3) is 11.1 Å².